The average molecular weight is 368 g/mol. The van der Waals surface area contributed by atoms with Crippen molar-refractivity contribution in [2.45, 2.75) is 51.8 Å². The Kier molecular flexibility index (Phi) is 6.26. The molecule has 0 aromatic heterocycles. The predicted octanol–water partition coefficient (Wildman–Crippen LogP) is 3.98. The first kappa shape index (κ1) is 20.5. The third-order valence-electron chi connectivity index (χ3n) is 4.20. The molecule has 2 aromatic rings. The predicted molar refractivity (Wildman–Crippen MR) is 106 cm³/mol. The molecule has 5 heteroatoms. The number of hydrogen-bond acceptors (Lipinski definition) is 3. The second kappa shape index (κ2) is 8.25. The smallest absolute Gasteiger partial charge is 0.408 e. The average Bonchev–Trinajstić information content (AvgIpc) is 2.61. The fourth-order valence-electron chi connectivity index (χ4n) is 2.76. The van der Waals surface area contributed by atoms with Crippen LogP contribution in [0.5, 0.6) is 0 Å². The van der Waals surface area contributed by atoms with Crippen molar-refractivity contribution in [2.75, 3.05) is 0 Å². The topological polar surface area (TPSA) is 67.4 Å². The fraction of sp³-hybridized carbons (Fsp3) is 0.364. The van der Waals surface area contributed by atoms with E-state index in [2.05, 4.69) is 10.6 Å². The molecule has 27 heavy (non-hydrogen) atoms. The molecule has 2 aromatic carbocycles. The van der Waals surface area contributed by atoms with E-state index >= 15 is 0 Å². The molecule has 2 amide bonds. The molecule has 0 heterocycles. The molecular formula is C22H28N2O3. The summed E-state index contributed by atoms with van der Waals surface area (Å²) in [6, 6.07) is 18.8. The van der Waals surface area contributed by atoms with Crippen molar-refractivity contribution in [3.63, 3.8) is 0 Å². The van der Waals surface area contributed by atoms with Crippen LogP contribution in [0.1, 0.15) is 45.7 Å². The Morgan fingerprint density at radius 3 is 1.70 bits per heavy atom. The second-order valence-corrected chi connectivity index (χ2v) is 7.71. The maximum absolute atomic E-state index is 12.8. The first-order chi connectivity index (χ1) is 12.6. The largest absolute Gasteiger partial charge is 0.444 e. The van der Waals surface area contributed by atoms with Gasteiger partial charge in [-0.05, 0) is 45.7 Å². The zero-order valence-electron chi connectivity index (χ0n) is 16.6. The van der Waals surface area contributed by atoms with Gasteiger partial charge in [-0.1, -0.05) is 60.7 Å². The van der Waals surface area contributed by atoms with Gasteiger partial charge in [0.15, 0.2) is 0 Å². The van der Waals surface area contributed by atoms with Gasteiger partial charge in [0, 0.05) is 0 Å². The van der Waals surface area contributed by atoms with Crippen LogP contribution < -0.4 is 10.6 Å². The Morgan fingerprint density at radius 1 is 0.852 bits per heavy atom. The van der Waals surface area contributed by atoms with Gasteiger partial charge < -0.3 is 15.4 Å². The van der Waals surface area contributed by atoms with Gasteiger partial charge >= 0.3 is 6.09 Å². The minimum absolute atomic E-state index is 0.295. The Labute approximate surface area is 161 Å². The maximum atomic E-state index is 12.8. The zero-order valence-corrected chi connectivity index (χ0v) is 16.6. The molecule has 0 saturated heterocycles. The van der Waals surface area contributed by atoms with Gasteiger partial charge in [0.25, 0.3) is 0 Å². The number of carbonyl (C=O) groups is 2. The van der Waals surface area contributed by atoms with Crippen molar-refractivity contribution in [3.8, 4) is 0 Å². The van der Waals surface area contributed by atoms with Crippen molar-refractivity contribution < 1.29 is 14.3 Å². The minimum atomic E-state index is -0.744. The summed E-state index contributed by atoms with van der Waals surface area (Å²) in [5.41, 5.74) is 0.551. The molecule has 5 nitrogen and oxygen atoms in total. The van der Waals surface area contributed by atoms with E-state index in [9.17, 15) is 9.59 Å². The van der Waals surface area contributed by atoms with Gasteiger partial charge in [-0.25, -0.2) is 4.79 Å². The van der Waals surface area contributed by atoms with Gasteiger partial charge in [-0.2, -0.15) is 0 Å². The summed E-state index contributed by atoms with van der Waals surface area (Å²) in [4.78, 5) is 24.8. The number of nitrogens with one attached hydrogen (secondary N) is 2. The van der Waals surface area contributed by atoms with E-state index in [1.54, 1.807) is 27.7 Å². The lowest BCUT2D eigenvalue weighted by Gasteiger charge is -2.33. The number of ether oxygens (including phenoxy) is 1. The van der Waals surface area contributed by atoms with Gasteiger partial charge in [0.2, 0.25) is 5.91 Å². The molecule has 1 atom stereocenters. The van der Waals surface area contributed by atoms with E-state index in [0.29, 0.717) is 0 Å². The van der Waals surface area contributed by atoms with Crippen LogP contribution in [0.3, 0.4) is 0 Å². The summed E-state index contributed by atoms with van der Waals surface area (Å²) in [7, 11) is 0. The van der Waals surface area contributed by atoms with Gasteiger partial charge in [0.1, 0.15) is 11.6 Å². The summed E-state index contributed by atoms with van der Waals surface area (Å²) in [6.45, 7) is 8.92. The number of benzene rings is 2. The number of alkyl carbamates (subject to hydrolysis) is 1. The number of hydrogen-bond donors (Lipinski definition) is 2. The van der Waals surface area contributed by atoms with Crippen LogP contribution >= 0.6 is 0 Å². The maximum Gasteiger partial charge on any atom is 0.408 e. The van der Waals surface area contributed by atoms with Crippen molar-refractivity contribution in [2.24, 2.45) is 0 Å². The number of carbonyl (C=O) groups excluding carboxylic acids is 2. The lowest BCUT2D eigenvalue weighted by molar-refractivity contribution is -0.124. The molecule has 0 aliphatic rings. The molecule has 0 aliphatic heterocycles. The Balaban J connectivity index is 2.21. The molecule has 0 aliphatic carbocycles. The molecule has 0 radical (unpaired) electrons. The minimum Gasteiger partial charge on any atom is -0.444 e. The molecule has 0 unspecified atom stereocenters. The summed E-state index contributed by atoms with van der Waals surface area (Å²) < 4.78 is 5.23. The number of amides is 2. The summed E-state index contributed by atoms with van der Waals surface area (Å²) in [5.74, 6) is -0.295. The van der Waals surface area contributed by atoms with Crippen LogP contribution in [0.4, 0.5) is 4.79 Å². The summed E-state index contributed by atoms with van der Waals surface area (Å²) in [5, 5.41) is 5.67. The lowest BCUT2D eigenvalue weighted by atomic mass is 9.84. The van der Waals surface area contributed by atoms with Crippen LogP contribution in [0.2, 0.25) is 0 Å². The van der Waals surface area contributed by atoms with E-state index in [1.807, 2.05) is 67.6 Å². The summed E-state index contributed by atoms with van der Waals surface area (Å²) >= 11 is 0. The van der Waals surface area contributed by atoms with Crippen molar-refractivity contribution in [3.05, 3.63) is 71.8 Å². The molecule has 2 N–H and O–H groups in total. The highest BCUT2D eigenvalue weighted by atomic mass is 16.6. The molecule has 0 bridgehead atoms. The highest BCUT2D eigenvalue weighted by molar-refractivity contribution is 5.86. The molecule has 2 rings (SSSR count). The van der Waals surface area contributed by atoms with E-state index in [4.69, 9.17) is 4.74 Å². The molecule has 0 spiro atoms. The highest BCUT2D eigenvalue weighted by Gasteiger charge is 2.32. The van der Waals surface area contributed by atoms with Crippen LogP contribution in [0, 0.1) is 0 Å². The quantitative estimate of drug-likeness (QED) is 0.839. The SMILES string of the molecule is C[C@@H](NC(=O)OC(C)(C)C)C(=O)NC(C)(c1ccccc1)c1ccccc1. The lowest BCUT2D eigenvalue weighted by Crippen LogP contribution is -2.52. The number of rotatable bonds is 5. The standard InChI is InChI=1S/C22H28N2O3/c1-16(23-20(26)27-21(2,3)4)19(25)24-22(5,17-12-8-6-9-13-17)18-14-10-7-11-15-18/h6-16H,1-5H3,(H,23,26)(H,24,25)/t16-/m1/s1. The third-order valence-corrected chi connectivity index (χ3v) is 4.20. The third kappa shape index (κ3) is 5.58. The molecular weight excluding hydrogens is 340 g/mol. The molecule has 0 saturated carbocycles. The Hall–Kier alpha value is -2.82. The monoisotopic (exact) mass is 368 g/mol. The van der Waals surface area contributed by atoms with Crippen molar-refractivity contribution in [1.29, 1.82) is 0 Å². The van der Waals surface area contributed by atoms with Crippen molar-refractivity contribution in [1.82, 2.24) is 10.6 Å². The highest BCUT2D eigenvalue weighted by Crippen LogP contribution is 2.29. The van der Waals surface area contributed by atoms with Gasteiger partial charge in [0.05, 0.1) is 5.54 Å². The van der Waals surface area contributed by atoms with Crippen LogP contribution in [-0.2, 0) is 15.1 Å². The first-order valence-corrected chi connectivity index (χ1v) is 9.04. The summed E-state index contributed by atoms with van der Waals surface area (Å²) in [6.07, 6.45) is -0.619. The Bertz CT molecular complexity index is 728. The van der Waals surface area contributed by atoms with Crippen molar-refractivity contribution >= 4 is 12.0 Å². The van der Waals surface area contributed by atoms with E-state index in [0.717, 1.165) is 11.1 Å². The fourth-order valence-corrected chi connectivity index (χ4v) is 2.76. The van der Waals surface area contributed by atoms with E-state index in [1.165, 1.54) is 0 Å². The van der Waals surface area contributed by atoms with E-state index < -0.39 is 23.3 Å². The Morgan fingerprint density at radius 2 is 1.30 bits per heavy atom. The molecule has 0 fully saturated rings. The first-order valence-electron chi connectivity index (χ1n) is 9.04. The van der Waals surface area contributed by atoms with E-state index in [-0.39, 0.29) is 5.91 Å². The second-order valence-electron chi connectivity index (χ2n) is 7.71. The van der Waals surface area contributed by atoms with Crippen LogP contribution in [-0.4, -0.2) is 23.6 Å². The molecule has 144 valence electrons. The zero-order chi connectivity index (χ0) is 20.1. The normalized spacial score (nSPS) is 12.8. The van der Waals surface area contributed by atoms with Gasteiger partial charge in [-0.3, -0.25) is 4.79 Å². The van der Waals surface area contributed by atoms with Crippen LogP contribution in [0.15, 0.2) is 60.7 Å². The van der Waals surface area contributed by atoms with Crippen LogP contribution in [0.25, 0.3) is 0 Å². The van der Waals surface area contributed by atoms with Gasteiger partial charge in [-0.15, -0.1) is 0 Å².